The van der Waals surface area contributed by atoms with Crippen molar-refractivity contribution in [3.8, 4) is 5.75 Å². The van der Waals surface area contributed by atoms with Crippen LogP contribution in [-0.2, 0) is 9.84 Å². The first kappa shape index (κ1) is 12.4. The topological polar surface area (TPSA) is 55.4 Å². The molecule has 1 aromatic carbocycles. The van der Waals surface area contributed by atoms with Crippen LogP contribution in [0.4, 0.5) is 0 Å². The van der Waals surface area contributed by atoms with E-state index in [1.807, 2.05) is 24.3 Å². The van der Waals surface area contributed by atoms with Gasteiger partial charge in [-0.15, -0.1) is 0 Å². The molecule has 1 N–H and O–H groups in total. The van der Waals surface area contributed by atoms with Gasteiger partial charge in [0.15, 0.2) is 9.84 Å². The Kier molecular flexibility index (Phi) is 3.40. The number of rotatable bonds is 2. The van der Waals surface area contributed by atoms with Gasteiger partial charge in [0.05, 0.1) is 18.1 Å². The van der Waals surface area contributed by atoms with E-state index < -0.39 is 9.84 Å². The standard InChI is InChI=1S/C12H17NO3S/c1-9-7-13-12(8-17(9,14)15)10-3-5-11(16-2)6-4-10/h3-6,9,12-13H,7-8H2,1-2H3. The first-order valence-corrected chi connectivity index (χ1v) is 7.33. The van der Waals surface area contributed by atoms with Crippen LogP contribution in [0.2, 0.25) is 0 Å². The SMILES string of the molecule is COc1ccc(C2CS(=O)(=O)C(C)CN2)cc1. The molecule has 1 heterocycles. The van der Waals surface area contributed by atoms with Gasteiger partial charge in [0.2, 0.25) is 0 Å². The molecule has 0 aliphatic carbocycles. The second-order valence-electron chi connectivity index (χ2n) is 4.37. The fraction of sp³-hybridized carbons (Fsp3) is 0.500. The fourth-order valence-corrected chi connectivity index (χ4v) is 3.39. The Bertz CT molecular complexity index is 481. The van der Waals surface area contributed by atoms with Crippen LogP contribution in [0.3, 0.4) is 0 Å². The number of benzene rings is 1. The van der Waals surface area contributed by atoms with Crippen LogP contribution in [0.1, 0.15) is 18.5 Å². The second-order valence-corrected chi connectivity index (χ2v) is 6.84. The van der Waals surface area contributed by atoms with Crippen molar-refractivity contribution < 1.29 is 13.2 Å². The zero-order valence-electron chi connectivity index (χ0n) is 10.0. The Morgan fingerprint density at radius 1 is 1.29 bits per heavy atom. The van der Waals surface area contributed by atoms with Gasteiger partial charge in [0.1, 0.15) is 5.75 Å². The molecule has 1 aliphatic heterocycles. The quantitative estimate of drug-likeness (QED) is 0.861. The summed E-state index contributed by atoms with van der Waals surface area (Å²) in [5.74, 6) is 0.946. The summed E-state index contributed by atoms with van der Waals surface area (Å²) < 4.78 is 28.7. The van der Waals surface area contributed by atoms with Gasteiger partial charge in [-0.3, -0.25) is 0 Å². The minimum Gasteiger partial charge on any atom is -0.497 e. The molecule has 2 atom stereocenters. The number of hydrogen-bond acceptors (Lipinski definition) is 4. The zero-order chi connectivity index (χ0) is 12.5. The molecular formula is C12H17NO3S. The van der Waals surface area contributed by atoms with Crippen LogP contribution in [0.15, 0.2) is 24.3 Å². The maximum atomic E-state index is 11.8. The van der Waals surface area contributed by atoms with Crippen molar-refractivity contribution in [3.05, 3.63) is 29.8 Å². The predicted octanol–water partition coefficient (Wildman–Crippen LogP) is 1.14. The molecule has 5 heteroatoms. The molecule has 0 spiro atoms. The maximum absolute atomic E-state index is 11.8. The van der Waals surface area contributed by atoms with E-state index >= 15 is 0 Å². The van der Waals surface area contributed by atoms with E-state index in [-0.39, 0.29) is 17.0 Å². The maximum Gasteiger partial charge on any atom is 0.156 e. The van der Waals surface area contributed by atoms with E-state index in [0.29, 0.717) is 6.54 Å². The number of sulfone groups is 1. The van der Waals surface area contributed by atoms with Crippen molar-refractivity contribution in [2.24, 2.45) is 0 Å². The van der Waals surface area contributed by atoms with Crippen LogP contribution in [0.5, 0.6) is 5.75 Å². The molecule has 0 amide bonds. The van der Waals surface area contributed by atoms with Crippen molar-refractivity contribution in [2.75, 3.05) is 19.4 Å². The van der Waals surface area contributed by atoms with Gasteiger partial charge in [-0.2, -0.15) is 0 Å². The Morgan fingerprint density at radius 3 is 2.47 bits per heavy atom. The molecule has 4 nitrogen and oxygen atoms in total. The highest BCUT2D eigenvalue weighted by molar-refractivity contribution is 7.92. The van der Waals surface area contributed by atoms with Crippen LogP contribution in [-0.4, -0.2) is 33.1 Å². The first-order valence-electron chi connectivity index (χ1n) is 5.62. The highest BCUT2D eigenvalue weighted by atomic mass is 32.2. The monoisotopic (exact) mass is 255 g/mol. The largest absolute Gasteiger partial charge is 0.497 e. The van der Waals surface area contributed by atoms with Gasteiger partial charge in [0.25, 0.3) is 0 Å². The lowest BCUT2D eigenvalue weighted by atomic mass is 10.1. The van der Waals surface area contributed by atoms with Crippen molar-refractivity contribution >= 4 is 9.84 Å². The summed E-state index contributed by atoms with van der Waals surface area (Å²) in [6.07, 6.45) is 0. The third-order valence-electron chi connectivity index (χ3n) is 3.18. The third kappa shape index (κ3) is 2.61. The van der Waals surface area contributed by atoms with E-state index in [1.165, 1.54) is 0 Å². The fourth-order valence-electron chi connectivity index (χ4n) is 1.94. The summed E-state index contributed by atoms with van der Waals surface area (Å²) in [4.78, 5) is 0. The number of methoxy groups -OCH3 is 1. The summed E-state index contributed by atoms with van der Waals surface area (Å²) >= 11 is 0. The lowest BCUT2D eigenvalue weighted by Crippen LogP contribution is -2.44. The van der Waals surface area contributed by atoms with E-state index in [4.69, 9.17) is 4.74 Å². The molecule has 1 aromatic rings. The highest BCUT2D eigenvalue weighted by Gasteiger charge is 2.31. The Morgan fingerprint density at radius 2 is 1.94 bits per heavy atom. The predicted molar refractivity (Wildman–Crippen MR) is 67.0 cm³/mol. The molecule has 1 fully saturated rings. The van der Waals surface area contributed by atoms with Crippen molar-refractivity contribution in [1.29, 1.82) is 0 Å². The van der Waals surface area contributed by atoms with Gasteiger partial charge in [0, 0.05) is 12.6 Å². The molecule has 2 rings (SSSR count). The van der Waals surface area contributed by atoms with Crippen molar-refractivity contribution in [2.45, 2.75) is 18.2 Å². The summed E-state index contributed by atoms with van der Waals surface area (Å²) in [5, 5.41) is 2.96. The molecule has 1 aliphatic rings. The van der Waals surface area contributed by atoms with Gasteiger partial charge in [-0.25, -0.2) is 8.42 Å². The van der Waals surface area contributed by atoms with Gasteiger partial charge in [-0.05, 0) is 24.6 Å². The van der Waals surface area contributed by atoms with Crippen LogP contribution in [0.25, 0.3) is 0 Å². The number of hydrogen-bond donors (Lipinski definition) is 1. The Labute approximate surface area is 102 Å². The van der Waals surface area contributed by atoms with E-state index in [0.717, 1.165) is 11.3 Å². The summed E-state index contributed by atoms with van der Waals surface area (Å²) in [7, 11) is -1.36. The van der Waals surface area contributed by atoms with Crippen LogP contribution < -0.4 is 10.1 Å². The molecular weight excluding hydrogens is 238 g/mol. The summed E-state index contributed by atoms with van der Waals surface area (Å²) in [5.41, 5.74) is 0.987. The molecule has 2 unspecified atom stereocenters. The normalized spacial score (nSPS) is 27.6. The number of nitrogens with one attached hydrogen (secondary N) is 1. The molecule has 17 heavy (non-hydrogen) atoms. The minimum atomic E-state index is -2.97. The van der Waals surface area contributed by atoms with Crippen LogP contribution in [0, 0.1) is 0 Å². The van der Waals surface area contributed by atoms with Gasteiger partial charge in [-0.1, -0.05) is 12.1 Å². The average molecular weight is 255 g/mol. The molecule has 0 radical (unpaired) electrons. The molecule has 94 valence electrons. The average Bonchev–Trinajstić information content (AvgIpc) is 2.33. The number of ether oxygens (including phenoxy) is 1. The molecule has 0 bridgehead atoms. The van der Waals surface area contributed by atoms with Crippen molar-refractivity contribution in [1.82, 2.24) is 5.32 Å². The van der Waals surface area contributed by atoms with Gasteiger partial charge < -0.3 is 10.1 Å². The lowest BCUT2D eigenvalue weighted by Gasteiger charge is -2.28. The summed E-state index contributed by atoms with van der Waals surface area (Å²) in [6, 6.07) is 7.40. The molecule has 1 saturated heterocycles. The summed E-state index contributed by atoms with van der Waals surface area (Å²) in [6.45, 7) is 2.26. The first-order chi connectivity index (χ1) is 8.03. The third-order valence-corrected chi connectivity index (χ3v) is 5.37. The van der Waals surface area contributed by atoms with E-state index in [2.05, 4.69) is 5.32 Å². The van der Waals surface area contributed by atoms with Crippen molar-refractivity contribution in [3.63, 3.8) is 0 Å². The molecule has 0 aromatic heterocycles. The zero-order valence-corrected chi connectivity index (χ0v) is 10.8. The van der Waals surface area contributed by atoms with E-state index in [1.54, 1.807) is 14.0 Å². The van der Waals surface area contributed by atoms with Crippen LogP contribution >= 0.6 is 0 Å². The van der Waals surface area contributed by atoms with Gasteiger partial charge >= 0.3 is 0 Å². The second kappa shape index (κ2) is 4.66. The Balaban J connectivity index is 2.18. The smallest absolute Gasteiger partial charge is 0.156 e. The Hall–Kier alpha value is -1.07. The minimum absolute atomic E-state index is 0.109. The lowest BCUT2D eigenvalue weighted by molar-refractivity contribution is 0.414. The van der Waals surface area contributed by atoms with E-state index in [9.17, 15) is 8.42 Å². The highest BCUT2D eigenvalue weighted by Crippen LogP contribution is 2.23. The molecule has 0 saturated carbocycles.